The summed E-state index contributed by atoms with van der Waals surface area (Å²) in [6.07, 6.45) is 1.02. The first-order valence-electron chi connectivity index (χ1n) is 7.52. The van der Waals surface area contributed by atoms with Gasteiger partial charge in [-0.25, -0.2) is 4.39 Å². The molecule has 2 rings (SSSR count). The van der Waals surface area contributed by atoms with Gasteiger partial charge in [0, 0.05) is 19.2 Å². The number of carbonyl (C=O) groups is 1. The number of nitrogens with two attached hydrogens (primary N) is 1. The number of benzene rings is 2. The number of halogens is 2. The molecule has 24 heavy (non-hydrogen) atoms. The average molecular weight is 353 g/mol. The lowest BCUT2D eigenvalue weighted by molar-refractivity contribution is -0.130. The van der Waals surface area contributed by atoms with Gasteiger partial charge in [0.1, 0.15) is 18.2 Å². The molecule has 130 valence electrons. The number of amides is 1. The van der Waals surface area contributed by atoms with Crippen LogP contribution in [0.25, 0.3) is 0 Å². The molecular formula is C18H22ClFN2O2. The number of rotatable bonds is 7. The number of likely N-dealkylation sites (N-methyl/N-ethyl adjacent to an activating group) is 1. The molecule has 0 aromatic heterocycles. The van der Waals surface area contributed by atoms with Crippen molar-refractivity contribution in [2.24, 2.45) is 0 Å². The van der Waals surface area contributed by atoms with Crippen molar-refractivity contribution in [3.8, 4) is 5.75 Å². The molecule has 6 heteroatoms. The van der Waals surface area contributed by atoms with Crippen LogP contribution in [0.1, 0.15) is 12.0 Å². The van der Waals surface area contributed by atoms with Gasteiger partial charge in [-0.05, 0) is 42.3 Å². The SMILES string of the molecule is CN(CCOc1ccc(F)cc1)C(=O)CCc1ccccc1N.Cl. The number of nitrogen functional groups attached to an aromatic ring is 1. The third-order valence-electron chi connectivity index (χ3n) is 3.60. The zero-order chi connectivity index (χ0) is 16.7. The average Bonchev–Trinajstić information content (AvgIpc) is 2.55. The summed E-state index contributed by atoms with van der Waals surface area (Å²) in [5, 5.41) is 0. The second kappa shape index (κ2) is 9.78. The smallest absolute Gasteiger partial charge is 0.222 e. The van der Waals surface area contributed by atoms with E-state index in [4.69, 9.17) is 10.5 Å². The zero-order valence-electron chi connectivity index (χ0n) is 13.6. The number of hydrogen-bond acceptors (Lipinski definition) is 3. The Labute approximate surface area is 147 Å². The minimum Gasteiger partial charge on any atom is -0.492 e. The third-order valence-corrected chi connectivity index (χ3v) is 3.60. The Kier molecular flexibility index (Phi) is 8.06. The van der Waals surface area contributed by atoms with E-state index in [0.29, 0.717) is 37.4 Å². The quantitative estimate of drug-likeness (QED) is 0.778. The lowest BCUT2D eigenvalue weighted by atomic mass is 10.1. The molecule has 0 bridgehead atoms. The fraction of sp³-hybridized carbons (Fsp3) is 0.278. The summed E-state index contributed by atoms with van der Waals surface area (Å²) in [5.74, 6) is 0.324. The Bertz CT molecular complexity index is 650. The number of ether oxygens (including phenoxy) is 1. The lowest BCUT2D eigenvalue weighted by Gasteiger charge is -2.17. The highest BCUT2D eigenvalue weighted by atomic mass is 35.5. The van der Waals surface area contributed by atoms with Crippen LogP contribution in [-0.4, -0.2) is 31.0 Å². The maximum Gasteiger partial charge on any atom is 0.222 e. The Balaban J connectivity index is 0.00000288. The van der Waals surface area contributed by atoms with Gasteiger partial charge in [-0.3, -0.25) is 4.79 Å². The maximum absolute atomic E-state index is 12.8. The lowest BCUT2D eigenvalue weighted by Crippen LogP contribution is -2.31. The van der Waals surface area contributed by atoms with Crippen LogP contribution in [0.15, 0.2) is 48.5 Å². The van der Waals surface area contributed by atoms with Crippen LogP contribution in [0, 0.1) is 5.82 Å². The molecule has 0 spiro atoms. The van der Waals surface area contributed by atoms with Crippen LogP contribution in [0.5, 0.6) is 5.75 Å². The zero-order valence-corrected chi connectivity index (χ0v) is 14.4. The Hall–Kier alpha value is -2.27. The minimum atomic E-state index is -0.301. The highest BCUT2D eigenvalue weighted by Gasteiger charge is 2.10. The second-order valence-electron chi connectivity index (χ2n) is 5.32. The van der Waals surface area contributed by atoms with Crippen LogP contribution >= 0.6 is 12.4 Å². The molecule has 0 aliphatic heterocycles. The van der Waals surface area contributed by atoms with Crippen LogP contribution in [0.3, 0.4) is 0 Å². The van der Waals surface area contributed by atoms with Gasteiger partial charge in [0.15, 0.2) is 0 Å². The largest absolute Gasteiger partial charge is 0.492 e. The molecule has 0 aliphatic rings. The van der Waals surface area contributed by atoms with E-state index in [2.05, 4.69) is 0 Å². The van der Waals surface area contributed by atoms with Crippen molar-refractivity contribution in [1.82, 2.24) is 4.90 Å². The maximum atomic E-state index is 12.8. The molecule has 0 radical (unpaired) electrons. The van der Waals surface area contributed by atoms with E-state index in [1.54, 1.807) is 24.1 Å². The third kappa shape index (κ3) is 6.08. The fourth-order valence-corrected chi connectivity index (χ4v) is 2.15. The molecule has 2 aromatic carbocycles. The first kappa shape index (κ1) is 19.8. The van der Waals surface area contributed by atoms with E-state index in [9.17, 15) is 9.18 Å². The number of nitrogens with zero attached hydrogens (tertiary/aromatic N) is 1. The van der Waals surface area contributed by atoms with Crippen LogP contribution in [0.2, 0.25) is 0 Å². The highest BCUT2D eigenvalue weighted by Crippen LogP contribution is 2.13. The molecule has 4 nitrogen and oxygen atoms in total. The predicted octanol–water partition coefficient (Wildman–Crippen LogP) is 3.30. The summed E-state index contributed by atoms with van der Waals surface area (Å²) >= 11 is 0. The van der Waals surface area contributed by atoms with Crippen molar-refractivity contribution < 1.29 is 13.9 Å². The van der Waals surface area contributed by atoms with Crippen LogP contribution < -0.4 is 10.5 Å². The van der Waals surface area contributed by atoms with Crippen molar-refractivity contribution in [2.75, 3.05) is 25.9 Å². The van der Waals surface area contributed by atoms with Gasteiger partial charge in [-0.15, -0.1) is 12.4 Å². The summed E-state index contributed by atoms with van der Waals surface area (Å²) in [5.41, 5.74) is 7.56. The van der Waals surface area contributed by atoms with Gasteiger partial charge in [-0.1, -0.05) is 18.2 Å². The highest BCUT2D eigenvalue weighted by molar-refractivity contribution is 5.85. The summed E-state index contributed by atoms with van der Waals surface area (Å²) in [4.78, 5) is 13.7. The molecular weight excluding hydrogens is 331 g/mol. The number of hydrogen-bond donors (Lipinski definition) is 1. The van der Waals surface area contributed by atoms with Crippen molar-refractivity contribution in [2.45, 2.75) is 12.8 Å². The molecule has 0 unspecified atom stereocenters. The van der Waals surface area contributed by atoms with Crippen molar-refractivity contribution >= 4 is 24.0 Å². The van der Waals surface area contributed by atoms with E-state index in [0.717, 1.165) is 5.56 Å². The first-order valence-corrected chi connectivity index (χ1v) is 7.52. The van der Waals surface area contributed by atoms with E-state index in [-0.39, 0.29) is 24.1 Å². The van der Waals surface area contributed by atoms with E-state index in [1.807, 2.05) is 24.3 Å². The van der Waals surface area contributed by atoms with Gasteiger partial charge in [0.05, 0.1) is 6.54 Å². The van der Waals surface area contributed by atoms with Crippen LogP contribution in [0.4, 0.5) is 10.1 Å². The molecule has 0 saturated heterocycles. The van der Waals surface area contributed by atoms with Crippen molar-refractivity contribution in [3.63, 3.8) is 0 Å². The van der Waals surface area contributed by atoms with E-state index < -0.39 is 0 Å². The van der Waals surface area contributed by atoms with Gasteiger partial charge in [0.2, 0.25) is 5.91 Å². The Morgan fingerprint density at radius 1 is 1.17 bits per heavy atom. The first-order chi connectivity index (χ1) is 11.1. The molecule has 0 aliphatic carbocycles. The summed E-state index contributed by atoms with van der Waals surface area (Å²) in [6.45, 7) is 0.835. The fourth-order valence-electron chi connectivity index (χ4n) is 2.15. The molecule has 0 fully saturated rings. The van der Waals surface area contributed by atoms with Gasteiger partial charge >= 0.3 is 0 Å². The number of para-hydroxylation sites is 1. The van der Waals surface area contributed by atoms with Crippen LogP contribution in [-0.2, 0) is 11.2 Å². The number of aryl methyl sites for hydroxylation is 1. The molecule has 2 aromatic rings. The summed E-state index contributed by atoms with van der Waals surface area (Å²) in [6, 6.07) is 13.4. The Morgan fingerprint density at radius 3 is 2.50 bits per heavy atom. The van der Waals surface area contributed by atoms with Crippen molar-refractivity contribution in [3.05, 3.63) is 59.9 Å². The van der Waals surface area contributed by atoms with E-state index in [1.165, 1.54) is 12.1 Å². The van der Waals surface area contributed by atoms with E-state index >= 15 is 0 Å². The number of anilines is 1. The van der Waals surface area contributed by atoms with Gasteiger partial charge in [0.25, 0.3) is 0 Å². The topological polar surface area (TPSA) is 55.6 Å². The molecule has 2 N–H and O–H groups in total. The number of carbonyl (C=O) groups excluding carboxylic acids is 1. The molecule has 0 atom stereocenters. The Morgan fingerprint density at radius 2 is 1.83 bits per heavy atom. The molecule has 1 amide bonds. The monoisotopic (exact) mass is 352 g/mol. The minimum absolute atomic E-state index is 0. The second-order valence-corrected chi connectivity index (χ2v) is 5.32. The summed E-state index contributed by atoms with van der Waals surface area (Å²) < 4.78 is 18.3. The standard InChI is InChI=1S/C18H21FN2O2.ClH/c1-21(12-13-23-16-9-7-15(19)8-10-16)18(22)11-6-14-4-2-3-5-17(14)20;/h2-5,7-10H,6,11-13,20H2,1H3;1H. The van der Waals surface area contributed by atoms with Gasteiger partial charge < -0.3 is 15.4 Å². The molecule has 0 saturated carbocycles. The normalized spacial score (nSPS) is 9.92. The molecule has 0 heterocycles. The van der Waals surface area contributed by atoms with Crippen molar-refractivity contribution in [1.29, 1.82) is 0 Å². The predicted molar refractivity (Wildman–Crippen MR) is 96.0 cm³/mol. The van der Waals surface area contributed by atoms with Gasteiger partial charge in [-0.2, -0.15) is 0 Å². The summed E-state index contributed by atoms with van der Waals surface area (Å²) in [7, 11) is 1.74.